The zero-order valence-corrected chi connectivity index (χ0v) is 8.34. The number of aryl methyl sites for hydroxylation is 1. The summed E-state index contributed by atoms with van der Waals surface area (Å²) in [4.78, 5) is 11.1. The van der Waals surface area contributed by atoms with Gasteiger partial charge in [0.05, 0.1) is 11.9 Å². The molecule has 0 saturated carbocycles. The van der Waals surface area contributed by atoms with E-state index in [0.29, 0.717) is 5.52 Å². The molecule has 6 heteroatoms. The third-order valence-electron chi connectivity index (χ3n) is 2.26. The molecule has 0 N–H and O–H groups in total. The average Bonchev–Trinajstić information content (AvgIpc) is 2.40. The monoisotopic (exact) mass is 231 g/mol. The Hall–Kier alpha value is -1.72. The number of aromatic nitrogens is 1. The lowest BCUT2D eigenvalue weighted by atomic mass is 10.1. The Labute approximate surface area is 88.1 Å². The molecule has 0 aliphatic carbocycles. The maximum atomic E-state index is 12.1. The molecular weight excluding hydrogens is 223 g/mol. The van der Waals surface area contributed by atoms with Gasteiger partial charge in [-0.2, -0.15) is 13.2 Å². The van der Waals surface area contributed by atoms with Crippen molar-refractivity contribution in [3.05, 3.63) is 34.3 Å². The number of hydrogen-bond acceptors (Lipinski definition) is 2. The van der Waals surface area contributed by atoms with Gasteiger partial charge in [-0.25, -0.2) is 4.79 Å². The average molecular weight is 231 g/mol. The van der Waals surface area contributed by atoms with Crippen LogP contribution >= 0.6 is 0 Å². The molecule has 0 radical (unpaired) electrons. The Morgan fingerprint density at radius 2 is 2.06 bits per heavy atom. The van der Waals surface area contributed by atoms with Gasteiger partial charge in [0.1, 0.15) is 0 Å². The maximum Gasteiger partial charge on any atom is 0.419 e. The minimum atomic E-state index is -4.26. The molecule has 0 amide bonds. The lowest BCUT2D eigenvalue weighted by Gasteiger charge is -2.05. The Kier molecular flexibility index (Phi) is 2.29. The van der Waals surface area contributed by atoms with Crippen molar-refractivity contribution >= 4 is 11.1 Å². The van der Waals surface area contributed by atoms with Crippen molar-refractivity contribution in [1.29, 1.82) is 0 Å². The van der Waals surface area contributed by atoms with E-state index in [2.05, 4.69) is 0 Å². The fourth-order valence-electron chi connectivity index (χ4n) is 1.52. The minimum absolute atomic E-state index is 0.0781. The molecule has 0 unspecified atom stereocenters. The molecule has 1 aromatic carbocycles. The van der Waals surface area contributed by atoms with E-state index in [1.165, 1.54) is 29.8 Å². The topological polar surface area (TPSA) is 35.1 Å². The van der Waals surface area contributed by atoms with Gasteiger partial charge in [0, 0.05) is 7.05 Å². The van der Waals surface area contributed by atoms with Crippen LogP contribution in [0.2, 0.25) is 0 Å². The molecule has 16 heavy (non-hydrogen) atoms. The van der Waals surface area contributed by atoms with E-state index >= 15 is 0 Å². The molecule has 0 atom stereocenters. The van der Waals surface area contributed by atoms with E-state index in [1.54, 1.807) is 0 Å². The van der Waals surface area contributed by atoms with Crippen LogP contribution < -0.4 is 5.76 Å². The molecule has 0 bridgehead atoms. The summed E-state index contributed by atoms with van der Waals surface area (Å²) in [5, 5.41) is 0. The Balaban J connectivity index is 2.49. The van der Waals surface area contributed by atoms with Gasteiger partial charge in [-0.1, -0.05) is 6.07 Å². The van der Waals surface area contributed by atoms with Crippen LogP contribution in [0, 0.1) is 0 Å². The van der Waals surface area contributed by atoms with Crippen LogP contribution in [0.3, 0.4) is 0 Å². The summed E-state index contributed by atoms with van der Waals surface area (Å²) in [6, 6.07) is 4.02. The minimum Gasteiger partial charge on any atom is -0.408 e. The van der Waals surface area contributed by atoms with E-state index in [9.17, 15) is 18.0 Å². The highest BCUT2D eigenvalue weighted by Gasteiger charge is 2.27. The number of nitrogens with zero attached hydrogens (tertiary/aromatic N) is 1. The molecular formula is C10H8F3NO2. The van der Waals surface area contributed by atoms with Crippen molar-refractivity contribution in [2.45, 2.75) is 12.6 Å². The van der Waals surface area contributed by atoms with Gasteiger partial charge < -0.3 is 4.42 Å². The van der Waals surface area contributed by atoms with E-state index in [-0.39, 0.29) is 11.1 Å². The van der Waals surface area contributed by atoms with Gasteiger partial charge in [0.2, 0.25) is 0 Å². The first-order valence-electron chi connectivity index (χ1n) is 4.52. The standard InChI is InChI=1S/C10H8F3NO2/c1-14-7-3-2-6(5-10(11,12)13)4-8(7)16-9(14)15/h2-4H,5H2,1H3. The number of oxazole rings is 1. The maximum absolute atomic E-state index is 12.1. The summed E-state index contributed by atoms with van der Waals surface area (Å²) in [6.07, 6.45) is -5.29. The van der Waals surface area contributed by atoms with Gasteiger partial charge in [-0.3, -0.25) is 4.57 Å². The summed E-state index contributed by atoms with van der Waals surface area (Å²) in [5.74, 6) is -0.584. The Morgan fingerprint density at radius 1 is 1.38 bits per heavy atom. The van der Waals surface area contributed by atoms with Gasteiger partial charge in [0.25, 0.3) is 0 Å². The summed E-state index contributed by atoms with van der Waals surface area (Å²) >= 11 is 0. The molecule has 0 aliphatic rings. The Morgan fingerprint density at radius 3 is 2.69 bits per heavy atom. The number of alkyl halides is 3. The largest absolute Gasteiger partial charge is 0.419 e. The van der Waals surface area contributed by atoms with Crippen molar-refractivity contribution < 1.29 is 17.6 Å². The van der Waals surface area contributed by atoms with E-state index in [1.807, 2.05) is 0 Å². The van der Waals surface area contributed by atoms with Crippen molar-refractivity contribution in [2.75, 3.05) is 0 Å². The molecule has 1 aromatic heterocycles. The van der Waals surface area contributed by atoms with Crippen LogP contribution in [0.1, 0.15) is 5.56 Å². The zero-order chi connectivity index (χ0) is 11.9. The smallest absolute Gasteiger partial charge is 0.408 e. The SMILES string of the molecule is Cn1c(=O)oc2cc(CC(F)(F)F)ccc21. The van der Waals surface area contributed by atoms with Gasteiger partial charge in [-0.15, -0.1) is 0 Å². The molecule has 2 aromatic rings. The highest BCUT2D eigenvalue weighted by atomic mass is 19.4. The second-order valence-electron chi connectivity index (χ2n) is 3.52. The van der Waals surface area contributed by atoms with Crippen LogP contribution in [0.5, 0.6) is 0 Å². The first kappa shape index (κ1) is 10.8. The fourth-order valence-corrected chi connectivity index (χ4v) is 1.52. The fraction of sp³-hybridized carbons (Fsp3) is 0.300. The molecule has 0 aliphatic heterocycles. The molecule has 0 saturated heterocycles. The van der Waals surface area contributed by atoms with Crippen molar-refractivity contribution in [1.82, 2.24) is 4.57 Å². The molecule has 3 nitrogen and oxygen atoms in total. The van der Waals surface area contributed by atoms with E-state index in [4.69, 9.17) is 4.42 Å². The lowest BCUT2D eigenvalue weighted by molar-refractivity contribution is -0.127. The molecule has 2 rings (SSSR count). The number of hydrogen-bond donors (Lipinski definition) is 0. The highest BCUT2D eigenvalue weighted by Crippen LogP contribution is 2.23. The first-order valence-corrected chi connectivity index (χ1v) is 4.52. The summed E-state index contributed by atoms with van der Waals surface area (Å²) < 4.78 is 42.4. The van der Waals surface area contributed by atoms with Gasteiger partial charge >= 0.3 is 11.9 Å². The van der Waals surface area contributed by atoms with E-state index in [0.717, 1.165) is 0 Å². The van der Waals surface area contributed by atoms with Crippen molar-refractivity contribution in [2.24, 2.45) is 7.05 Å². The third-order valence-corrected chi connectivity index (χ3v) is 2.26. The number of rotatable bonds is 1. The molecule has 1 heterocycles. The summed E-state index contributed by atoms with van der Waals surface area (Å²) in [6.45, 7) is 0. The summed E-state index contributed by atoms with van der Waals surface area (Å²) in [7, 11) is 1.50. The third kappa shape index (κ3) is 1.95. The van der Waals surface area contributed by atoms with Crippen molar-refractivity contribution in [3.63, 3.8) is 0 Å². The molecule has 0 spiro atoms. The Bertz CT molecular complexity index is 580. The predicted octanol–water partition coefficient (Wildman–Crippen LogP) is 2.24. The molecule has 0 fully saturated rings. The highest BCUT2D eigenvalue weighted by molar-refractivity contribution is 5.73. The second kappa shape index (κ2) is 3.40. The zero-order valence-electron chi connectivity index (χ0n) is 8.34. The predicted molar refractivity (Wildman–Crippen MR) is 51.2 cm³/mol. The van der Waals surface area contributed by atoms with Gasteiger partial charge in [-0.05, 0) is 17.7 Å². The van der Waals surface area contributed by atoms with Crippen LogP contribution in [-0.4, -0.2) is 10.7 Å². The van der Waals surface area contributed by atoms with E-state index < -0.39 is 18.4 Å². The number of halogens is 3. The number of fused-ring (bicyclic) bond motifs is 1. The van der Waals surface area contributed by atoms with Crippen molar-refractivity contribution in [3.8, 4) is 0 Å². The lowest BCUT2D eigenvalue weighted by Crippen LogP contribution is -2.11. The van der Waals surface area contributed by atoms with Crippen LogP contribution in [0.4, 0.5) is 13.2 Å². The molecule has 86 valence electrons. The van der Waals surface area contributed by atoms with Crippen LogP contribution in [-0.2, 0) is 13.5 Å². The van der Waals surface area contributed by atoms with Crippen LogP contribution in [0.25, 0.3) is 11.1 Å². The normalized spacial score (nSPS) is 12.2. The number of benzene rings is 1. The first-order chi connectivity index (χ1) is 7.37. The quantitative estimate of drug-likeness (QED) is 0.754. The second-order valence-corrected chi connectivity index (χ2v) is 3.52. The van der Waals surface area contributed by atoms with Crippen LogP contribution in [0.15, 0.2) is 27.4 Å². The van der Waals surface area contributed by atoms with Gasteiger partial charge in [0.15, 0.2) is 5.58 Å². The summed E-state index contributed by atoms with van der Waals surface area (Å²) in [5.41, 5.74) is 0.736.